The van der Waals surface area contributed by atoms with Crippen LogP contribution < -0.4 is 5.32 Å². The van der Waals surface area contributed by atoms with E-state index >= 15 is 0 Å². The van der Waals surface area contributed by atoms with Crippen molar-refractivity contribution in [2.75, 3.05) is 5.32 Å². The smallest absolute Gasteiger partial charge is 0.270 e. The summed E-state index contributed by atoms with van der Waals surface area (Å²) in [6.07, 6.45) is 0. The zero-order valence-corrected chi connectivity index (χ0v) is 11.4. The lowest BCUT2D eigenvalue weighted by atomic mass is 9.95. The number of amides is 1. The van der Waals surface area contributed by atoms with Crippen molar-refractivity contribution < 1.29 is 9.72 Å². The van der Waals surface area contributed by atoms with Gasteiger partial charge in [0.1, 0.15) is 0 Å². The Balaban J connectivity index is 2.95. The van der Waals surface area contributed by atoms with Gasteiger partial charge in [0.15, 0.2) is 0 Å². The quantitative estimate of drug-likeness (QED) is 0.672. The highest BCUT2D eigenvalue weighted by molar-refractivity contribution is 9.10. The highest BCUT2D eigenvalue weighted by atomic mass is 79.9. The Kier molecular flexibility index (Phi) is 3.87. The van der Waals surface area contributed by atoms with E-state index in [0.717, 1.165) is 0 Å². The number of halogens is 1. The van der Waals surface area contributed by atoms with Crippen LogP contribution in [0.25, 0.3) is 0 Å². The summed E-state index contributed by atoms with van der Waals surface area (Å²) in [5.74, 6) is -0.146. The molecule has 0 atom stereocenters. The van der Waals surface area contributed by atoms with Crippen molar-refractivity contribution >= 4 is 33.2 Å². The number of rotatable bonds is 2. The van der Waals surface area contributed by atoms with Crippen LogP contribution in [-0.4, -0.2) is 10.8 Å². The zero-order chi connectivity index (χ0) is 13.2. The van der Waals surface area contributed by atoms with Gasteiger partial charge < -0.3 is 5.32 Å². The number of carbonyl (C=O) groups is 1. The molecular formula is C11H13BrN2O3. The van der Waals surface area contributed by atoms with E-state index < -0.39 is 10.3 Å². The maximum absolute atomic E-state index is 11.7. The molecule has 6 heteroatoms. The second-order valence-electron chi connectivity index (χ2n) is 4.63. The molecule has 0 fully saturated rings. The van der Waals surface area contributed by atoms with Gasteiger partial charge in [-0.15, -0.1) is 0 Å². The maximum Gasteiger partial charge on any atom is 0.270 e. The van der Waals surface area contributed by atoms with Crippen molar-refractivity contribution in [1.29, 1.82) is 0 Å². The molecule has 0 heterocycles. The fraction of sp³-hybridized carbons (Fsp3) is 0.364. The van der Waals surface area contributed by atoms with Gasteiger partial charge in [0, 0.05) is 22.0 Å². The topological polar surface area (TPSA) is 72.2 Å². The van der Waals surface area contributed by atoms with Gasteiger partial charge in [-0.3, -0.25) is 14.9 Å². The largest absolute Gasteiger partial charge is 0.325 e. The lowest BCUT2D eigenvalue weighted by Gasteiger charge is -2.18. The Bertz CT molecular complexity index is 466. The first-order chi connectivity index (χ1) is 7.71. The van der Waals surface area contributed by atoms with E-state index in [1.165, 1.54) is 18.2 Å². The molecular weight excluding hydrogens is 288 g/mol. The number of hydrogen-bond acceptors (Lipinski definition) is 3. The van der Waals surface area contributed by atoms with Crippen LogP contribution in [0.3, 0.4) is 0 Å². The molecule has 0 bridgehead atoms. The second kappa shape index (κ2) is 4.83. The summed E-state index contributed by atoms with van der Waals surface area (Å²) >= 11 is 3.19. The Labute approximate surface area is 107 Å². The number of benzene rings is 1. The summed E-state index contributed by atoms with van der Waals surface area (Å²) in [4.78, 5) is 21.8. The van der Waals surface area contributed by atoms with Gasteiger partial charge in [-0.25, -0.2) is 0 Å². The molecule has 1 rings (SSSR count). The number of nitrogens with one attached hydrogen (secondary N) is 1. The first-order valence-electron chi connectivity index (χ1n) is 4.97. The van der Waals surface area contributed by atoms with E-state index in [-0.39, 0.29) is 11.6 Å². The first-order valence-corrected chi connectivity index (χ1v) is 5.76. The number of nitrogens with zero attached hydrogens (tertiary/aromatic N) is 1. The van der Waals surface area contributed by atoms with E-state index in [2.05, 4.69) is 21.2 Å². The highest BCUT2D eigenvalue weighted by Crippen LogP contribution is 2.28. The van der Waals surface area contributed by atoms with Gasteiger partial charge in [-0.2, -0.15) is 0 Å². The molecule has 0 aromatic heterocycles. The van der Waals surface area contributed by atoms with E-state index in [9.17, 15) is 14.9 Å². The fourth-order valence-corrected chi connectivity index (χ4v) is 1.49. The number of nitro benzene ring substituents is 1. The monoisotopic (exact) mass is 300 g/mol. The number of carbonyl (C=O) groups excluding carboxylic acids is 1. The molecule has 0 radical (unpaired) electrons. The molecule has 92 valence electrons. The maximum atomic E-state index is 11.7. The lowest BCUT2D eigenvalue weighted by Crippen LogP contribution is -2.27. The van der Waals surface area contributed by atoms with Crippen molar-refractivity contribution in [3.8, 4) is 0 Å². The molecule has 0 aliphatic carbocycles. The predicted molar refractivity (Wildman–Crippen MR) is 68.9 cm³/mol. The minimum absolute atomic E-state index is 0.0226. The predicted octanol–water partition coefficient (Wildman–Crippen LogP) is 3.34. The summed E-state index contributed by atoms with van der Waals surface area (Å²) in [7, 11) is 0. The van der Waals surface area contributed by atoms with Crippen LogP contribution in [0.2, 0.25) is 0 Å². The number of hydrogen-bond donors (Lipinski definition) is 1. The van der Waals surface area contributed by atoms with Crippen molar-refractivity contribution in [3.63, 3.8) is 0 Å². The lowest BCUT2D eigenvalue weighted by molar-refractivity contribution is -0.384. The minimum Gasteiger partial charge on any atom is -0.325 e. The van der Waals surface area contributed by atoms with Gasteiger partial charge in [-0.05, 0) is 22.0 Å². The molecule has 0 saturated carbocycles. The summed E-state index contributed by atoms with van der Waals surface area (Å²) < 4.78 is 0.490. The number of non-ortho nitro benzene ring substituents is 1. The van der Waals surface area contributed by atoms with Crippen LogP contribution >= 0.6 is 15.9 Å². The summed E-state index contributed by atoms with van der Waals surface area (Å²) in [5.41, 5.74) is -0.0116. The molecule has 5 nitrogen and oxygen atoms in total. The molecule has 17 heavy (non-hydrogen) atoms. The molecule has 1 N–H and O–H groups in total. The summed E-state index contributed by atoms with van der Waals surface area (Å²) in [6.45, 7) is 5.38. The Morgan fingerprint density at radius 1 is 1.41 bits per heavy atom. The van der Waals surface area contributed by atoms with Crippen molar-refractivity contribution in [2.45, 2.75) is 20.8 Å². The molecule has 1 aromatic carbocycles. The number of nitro groups is 1. The van der Waals surface area contributed by atoms with E-state index in [0.29, 0.717) is 10.2 Å². The van der Waals surface area contributed by atoms with Crippen LogP contribution in [-0.2, 0) is 4.79 Å². The standard InChI is InChI=1S/C11H13BrN2O3/c1-11(2,3)10(15)13-9-5-4-7(14(16)17)6-8(9)12/h4-6H,1-3H3,(H,13,15). The Morgan fingerprint density at radius 3 is 2.41 bits per heavy atom. The second-order valence-corrected chi connectivity index (χ2v) is 5.48. The SMILES string of the molecule is CC(C)(C)C(=O)Nc1ccc([N+](=O)[O-])cc1Br. The minimum atomic E-state index is -0.513. The van der Waals surface area contributed by atoms with Crippen LogP contribution in [0, 0.1) is 15.5 Å². The average Bonchev–Trinajstić information content (AvgIpc) is 2.19. The van der Waals surface area contributed by atoms with Crippen LogP contribution in [0.1, 0.15) is 20.8 Å². The molecule has 1 aromatic rings. The van der Waals surface area contributed by atoms with Crippen molar-refractivity contribution in [3.05, 3.63) is 32.8 Å². The molecule has 0 aliphatic heterocycles. The van der Waals surface area contributed by atoms with Crippen LogP contribution in [0.15, 0.2) is 22.7 Å². The third-order valence-corrected chi connectivity index (χ3v) is 2.75. The third kappa shape index (κ3) is 3.52. The fourth-order valence-electron chi connectivity index (χ4n) is 1.03. The molecule has 1 amide bonds. The van der Waals surface area contributed by atoms with E-state index in [4.69, 9.17) is 0 Å². The highest BCUT2D eigenvalue weighted by Gasteiger charge is 2.22. The summed E-state index contributed by atoms with van der Waals surface area (Å²) in [6, 6.07) is 4.22. The van der Waals surface area contributed by atoms with Crippen molar-refractivity contribution in [2.24, 2.45) is 5.41 Å². The molecule has 0 spiro atoms. The summed E-state index contributed by atoms with van der Waals surface area (Å²) in [5, 5.41) is 13.3. The Hall–Kier alpha value is -1.43. The van der Waals surface area contributed by atoms with Gasteiger partial charge in [0.25, 0.3) is 5.69 Å². The van der Waals surface area contributed by atoms with Gasteiger partial charge in [0.2, 0.25) is 5.91 Å². The molecule has 0 saturated heterocycles. The van der Waals surface area contributed by atoms with Crippen LogP contribution in [0.4, 0.5) is 11.4 Å². The molecule has 0 aliphatic rings. The van der Waals surface area contributed by atoms with Crippen molar-refractivity contribution in [1.82, 2.24) is 0 Å². The van der Waals surface area contributed by atoms with Gasteiger partial charge >= 0.3 is 0 Å². The third-order valence-electron chi connectivity index (χ3n) is 2.09. The normalized spacial score (nSPS) is 11.1. The zero-order valence-electron chi connectivity index (χ0n) is 9.78. The van der Waals surface area contributed by atoms with E-state index in [1.807, 2.05) is 0 Å². The van der Waals surface area contributed by atoms with Crippen LogP contribution in [0.5, 0.6) is 0 Å². The van der Waals surface area contributed by atoms with Gasteiger partial charge in [-0.1, -0.05) is 20.8 Å². The number of anilines is 1. The first kappa shape index (κ1) is 13.6. The Morgan fingerprint density at radius 2 is 2.00 bits per heavy atom. The molecule has 0 unspecified atom stereocenters. The van der Waals surface area contributed by atoms with Gasteiger partial charge in [0.05, 0.1) is 10.6 Å². The average molecular weight is 301 g/mol. The van der Waals surface area contributed by atoms with E-state index in [1.54, 1.807) is 20.8 Å².